The smallest absolute Gasteiger partial charge is 0.228 e. The van der Waals surface area contributed by atoms with E-state index in [0.29, 0.717) is 18.8 Å². The molecule has 150 valence electrons. The lowest BCUT2D eigenvalue weighted by atomic mass is 9.70. The lowest BCUT2D eigenvalue weighted by Crippen LogP contribution is -2.55. The van der Waals surface area contributed by atoms with Crippen LogP contribution in [0, 0.1) is 5.41 Å². The van der Waals surface area contributed by atoms with Gasteiger partial charge < -0.3 is 19.9 Å². The van der Waals surface area contributed by atoms with E-state index in [1.807, 2.05) is 0 Å². The topological polar surface area (TPSA) is 57.4 Å². The van der Waals surface area contributed by atoms with Gasteiger partial charge in [0.1, 0.15) is 0 Å². The number of hydrogen-bond donors (Lipinski definition) is 2. The number of nitrogens with one attached hydrogen (secondary N) is 2. The number of aromatic amines is 1. The van der Waals surface area contributed by atoms with E-state index in [4.69, 9.17) is 4.74 Å². The molecule has 0 atom stereocenters. The monoisotopic (exact) mass is 381 g/mol. The van der Waals surface area contributed by atoms with Crippen LogP contribution < -0.4 is 5.32 Å². The lowest BCUT2D eigenvalue weighted by Gasteiger charge is -2.45. The first-order valence-electron chi connectivity index (χ1n) is 10.9. The third-order valence-corrected chi connectivity index (χ3v) is 7.26. The second kappa shape index (κ2) is 7.53. The van der Waals surface area contributed by atoms with Crippen LogP contribution >= 0.6 is 0 Å². The summed E-state index contributed by atoms with van der Waals surface area (Å²) in [6.07, 6.45) is 9.87. The Morgan fingerprint density at radius 2 is 1.96 bits per heavy atom. The molecule has 3 aliphatic heterocycles. The van der Waals surface area contributed by atoms with Gasteiger partial charge in [-0.15, -0.1) is 0 Å². The van der Waals surface area contributed by atoms with Crippen molar-refractivity contribution in [2.75, 3.05) is 26.2 Å². The van der Waals surface area contributed by atoms with E-state index in [9.17, 15) is 4.79 Å². The number of para-hydroxylation sites is 1. The maximum absolute atomic E-state index is 12.9. The Labute approximate surface area is 166 Å². The molecule has 1 aliphatic carbocycles. The van der Waals surface area contributed by atoms with E-state index in [1.54, 1.807) is 0 Å². The molecule has 1 aromatic heterocycles. The second-order valence-electron chi connectivity index (χ2n) is 8.99. The van der Waals surface area contributed by atoms with Crippen LogP contribution in [0.25, 0.3) is 10.9 Å². The predicted octanol–water partition coefficient (Wildman–Crippen LogP) is 3.25. The van der Waals surface area contributed by atoms with Gasteiger partial charge in [-0.1, -0.05) is 18.2 Å². The number of H-pyrrole nitrogens is 1. The van der Waals surface area contributed by atoms with Crippen LogP contribution in [0.4, 0.5) is 0 Å². The van der Waals surface area contributed by atoms with Crippen molar-refractivity contribution in [3.8, 4) is 0 Å². The van der Waals surface area contributed by atoms with E-state index in [1.165, 1.54) is 16.5 Å². The van der Waals surface area contributed by atoms with Crippen molar-refractivity contribution in [3.63, 3.8) is 0 Å². The molecule has 0 unspecified atom stereocenters. The van der Waals surface area contributed by atoms with Crippen LogP contribution in [0.2, 0.25) is 0 Å². The number of carbonyl (C=O) groups excluding carboxylic acids is 1. The zero-order chi connectivity index (χ0) is 19.0. The molecule has 5 heteroatoms. The highest BCUT2D eigenvalue weighted by atomic mass is 16.5. The maximum atomic E-state index is 12.9. The van der Waals surface area contributed by atoms with E-state index in [-0.39, 0.29) is 11.3 Å². The highest BCUT2D eigenvalue weighted by Gasteiger charge is 2.47. The number of rotatable bonds is 5. The van der Waals surface area contributed by atoms with Gasteiger partial charge in [-0.2, -0.15) is 0 Å². The number of fused-ring (bicyclic) bond motifs is 4. The summed E-state index contributed by atoms with van der Waals surface area (Å²) in [7, 11) is 0. The highest BCUT2D eigenvalue weighted by Crippen LogP contribution is 2.43. The van der Waals surface area contributed by atoms with Crippen LogP contribution in [0.5, 0.6) is 0 Å². The van der Waals surface area contributed by atoms with Crippen molar-refractivity contribution < 1.29 is 9.53 Å². The minimum Gasteiger partial charge on any atom is -0.377 e. The van der Waals surface area contributed by atoms with Gasteiger partial charge in [-0.3, -0.25) is 4.79 Å². The normalized spacial score (nSPS) is 28.6. The summed E-state index contributed by atoms with van der Waals surface area (Å²) in [4.78, 5) is 18.8. The molecular weight excluding hydrogens is 350 g/mol. The largest absolute Gasteiger partial charge is 0.377 e. The number of piperidine rings is 1. The van der Waals surface area contributed by atoms with Crippen LogP contribution in [-0.2, 0) is 16.0 Å². The molecule has 2 aromatic rings. The molecule has 28 heavy (non-hydrogen) atoms. The maximum Gasteiger partial charge on any atom is 0.228 e. The summed E-state index contributed by atoms with van der Waals surface area (Å²) < 4.78 is 5.83. The third kappa shape index (κ3) is 3.46. The first kappa shape index (κ1) is 18.2. The summed E-state index contributed by atoms with van der Waals surface area (Å²) >= 11 is 0. The van der Waals surface area contributed by atoms with Crippen LogP contribution in [0.3, 0.4) is 0 Å². The van der Waals surface area contributed by atoms with Gasteiger partial charge in [0.25, 0.3) is 0 Å². The van der Waals surface area contributed by atoms with Gasteiger partial charge in [-0.05, 0) is 56.6 Å². The molecule has 0 spiro atoms. The van der Waals surface area contributed by atoms with E-state index in [0.717, 1.165) is 64.6 Å². The fraction of sp³-hybridized carbons (Fsp3) is 0.609. The van der Waals surface area contributed by atoms with Crippen LogP contribution in [-0.4, -0.2) is 54.2 Å². The summed E-state index contributed by atoms with van der Waals surface area (Å²) in [6, 6.07) is 8.84. The quantitative estimate of drug-likeness (QED) is 0.836. The Bertz CT molecular complexity index is 815. The van der Waals surface area contributed by atoms with E-state index < -0.39 is 0 Å². The first-order chi connectivity index (χ1) is 13.7. The number of nitrogens with zero attached hydrogens (tertiary/aromatic N) is 1. The molecule has 5 nitrogen and oxygen atoms in total. The van der Waals surface area contributed by atoms with Gasteiger partial charge in [0.05, 0.1) is 18.1 Å². The average Bonchev–Trinajstić information content (AvgIpc) is 3.18. The van der Waals surface area contributed by atoms with Crippen molar-refractivity contribution in [3.05, 3.63) is 36.0 Å². The average molecular weight is 382 g/mol. The minimum atomic E-state index is -0.235. The molecule has 4 aliphatic rings. The fourth-order valence-corrected chi connectivity index (χ4v) is 5.28. The van der Waals surface area contributed by atoms with E-state index >= 15 is 0 Å². The Hall–Kier alpha value is -1.85. The van der Waals surface area contributed by atoms with Crippen molar-refractivity contribution >= 4 is 16.8 Å². The molecule has 4 heterocycles. The number of amides is 1. The van der Waals surface area contributed by atoms with Crippen molar-refractivity contribution in [1.82, 2.24) is 15.2 Å². The number of ether oxygens (including phenoxy) is 1. The Kier molecular flexibility index (Phi) is 4.89. The van der Waals surface area contributed by atoms with Gasteiger partial charge in [0, 0.05) is 42.8 Å². The molecular formula is C23H31N3O2. The number of hydrogen-bond acceptors (Lipinski definition) is 3. The molecule has 6 rings (SSSR count). The molecule has 3 saturated heterocycles. The van der Waals surface area contributed by atoms with Gasteiger partial charge >= 0.3 is 0 Å². The van der Waals surface area contributed by atoms with Crippen LogP contribution in [0.15, 0.2) is 30.5 Å². The molecule has 4 fully saturated rings. The zero-order valence-corrected chi connectivity index (χ0v) is 16.6. The van der Waals surface area contributed by atoms with Crippen LogP contribution in [0.1, 0.15) is 44.1 Å². The molecule has 1 saturated carbocycles. The van der Waals surface area contributed by atoms with Crippen molar-refractivity contribution in [2.45, 2.75) is 57.1 Å². The Morgan fingerprint density at radius 3 is 2.71 bits per heavy atom. The second-order valence-corrected chi connectivity index (χ2v) is 8.99. The number of benzene rings is 1. The predicted molar refractivity (Wildman–Crippen MR) is 110 cm³/mol. The summed E-state index contributed by atoms with van der Waals surface area (Å²) in [5, 5.41) is 4.71. The Morgan fingerprint density at radius 1 is 1.18 bits per heavy atom. The molecule has 1 amide bonds. The first-order valence-corrected chi connectivity index (χ1v) is 10.9. The van der Waals surface area contributed by atoms with Gasteiger partial charge in [0.15, 0.2) is 0 Å². The van der Waals surface area contributed by atoms with E-state index in [2.05, 4.69) is 45.7 Å². The van der Waals surface area contributed by atoms with Crippen molar-refractivity contribution in [2.24, 2.45) is 5.41 Å². The third-order valence-electron chi connectivity index (χ3n) is 7.26. The molecule has 2 bridgehead atoms. The van der Waals surface area contributed by atoms with Crippen molar-refractivity contribution in [1.29, 1.82) is 0 Å². The van der Waals surface area contributed by atoms with Gasteiger partial charge in [-0.25, -0.2) is 0 Å². The summed E-state index contributed by atoms with van der Waals surface area (Å²) in [6.45, 7) is 3.85. The highest BCUT2D eigenvalue weighted by molar-refractivity contribution is 5.83. The molecule has 0 radical (unpaired) electrons. The zero-order valence-electron chi connectivity index (χ0n) is 16.6. The number of aromatic nitrogens is 1. The molecule has 1 aromatic carbocycles. The fourth-order valence-electron chi connectivity index (χ4n) is 5.28. The van der Waals surface area contributed by atoms with Gasteiger partial charge in [0.2, 0.25) is 5.91 Å². The lowest BCUT2D eigenvalue weighted by molar-refractivity contribution is -0.158. The summed E-state index contributed by atoms with van der Waals surface area (Å²) in [5.41, 5.74) is 2.39. The standard InChI is InChI=1S/C23H31N3O2/c27-22(23-10-5-19(6-11-23)28-16-23)25-18-8-13-26(14-9-18)12-7-17-15-24-21-4-2-1-3-20(17)21/h1-4,15,18-19,24H,5-14,16H2,(H,25,27). The Balaban J connectivity index is 1.10. The minimum absolute atomic E-state index is 0.235. The molecule has 2 N–H and O–H groups in total. The number of likely N-dealkylation sites (tertiary alicyclic amines) is 1. The number of carbonyl (C=O) groups is 1. The summed E-state index contributed by atoms with van der Waals surface area (Å²) in [5.74, 6) is 0.253. The SMILES string of the molecule is O=C(NC1CCN(CCc2c[nH]c3ccccc23)CC1)C12CCC(CC1)OC2.